The number of carbonyl (C=O) groups is 1. The molecule has 0 radical (unpaired) electrons. The molecule has 0 aromatic heterocycles. The van der Waals surface area contributed by atoms with E-state index in [-0.39, 0.29) is 18.0 Å². The fourth-order valence-corrected chi connectivity index (χ4v) is 2.91. The van der Waals surface area contributed by atoms with E-state index in [4.69, 9.17) is 9.47 Å². The van der Waals surface area contributed by atoms with Crippen molar-refractivity contribution < 1.29 is 14.3 Å². The van der Waals surface area contributed by atoms with Gasteiger partial charge in [0.15, 0.2) is 6.10 Å². The minimum atomic E-state index is -0.539. The summed E-state index contributed by atoms with van der Waals surface area (Å²) in [5.74, 6) is -0.272. The molecule has 2 aromatic carbocycles. The maximum atomic E-state index is 12.0. The van der Waals surface area contributed by atoms with Gasteiger partial charge in [0.25, 0.3) is 0 Å². The molecule has 1 fully saturated rings. The van der Waals surface area contributed by atoms with Crippen LogP contribution in [0.15, 0.2) is 60.7 Å². The van der Waals surface area contributed by atoms with Crippen molar-refractivity contribution in [3.63, 3.8) is 0 Å². The highest BCUT2D eigenvalue weighted by molar-refractivity contribution is 5.76. The van der Waals surface area contributed by atoms with Gasteiger partial charge in [0, 0.05) is 5.92 Å². The highest BCUT2D eigenvalue weighted by atomic mass is 16.6. The van der Waals surface area contributed by atoms with Crippen LogP contribution in [0.5, 0.6) is 0 Å². The van der Waals surface area contributed by atoms with Crippen molar-refractivity contribution in [2.45, 2.75) is 24.5 Å². The molecule has 1 aliphatic heterocycles. The molecule has 1 aliphatic rings. The molecule has 3 heteroatoms. The number of benzene rings is 2. The molecule has 1 saturated heterocycles. The van der Waals surface area contributed by atoms with Crippen molar-refractivity contribution in [3.8, 4) is 0 Å². The van der Waals surface area contributed by atoms with Gasteiger partial charge < -0.3 is 9.47 Å². The first-order valence-corrected chi connectivity index (χ1v) is 7.13. The van der Waals surface area contributed by atoms with Gasteiger partial charge in [-0.25, -0.2) is 4.79 Å². The lowest BCUT2D eigenvalue weighted by atomic mass is 9.89. The third-order valence-corrected chi connectivity index (χ3v) is 3.98. The molecule has 2 aromatic rings. The van der Waals surface area contributed by atoms with Gasteiger partial charge >= 0.3 is 5.97 Å². The molecule has 1 heterocycles. The van der Waals surface area contributed by atoms with Crippen molar-refractivity contribution in [1.29, 1.82) is 0 Å². The van der Waals surface area contributed by atoms with Crippen molar-refractivity contribution >= 4 is 5.97 Å². The van der Waals surface area contributed by atoms with Crippen LogP contribution >= 0.6 is 0 Å². The van der Waals surface area contributed by atoms with Crippen LogP contribution in [0.2, 0.25) is 0 Å². The van der Waals surface area contributed by atoms with E-state index in [0.717, 1.165) is 17.5 Å². The normalized spacial score (nSPS) is 24.7. The van der Waals surface area contributed by atoms with Gasteiger partial charge in [-0.3, -0.25) is 0 Å². The van der Waals surface area contributed by atoms with E-state index in [9.17, 15) is 4.79 Å². The molecule has 3 nitrogen and oxygen atoms in total. The van der Waals surface area contributed by atoms with E-state index >= 15 is 0 Å². The van der Waals surface area contributed by atoms with Gasteiger partial charge in [-0.2, -0.15) is 0 Å². The Bertz CT molecular complexity index is 594. The smallest absolute Gasteiger partial charge is 0.335 e. The minimum Gasteiger partial charge on any atom is -0.467 e. The average molecular weight is 282 g/mol. The summed E-state index contributed by atoms with van der Waals surface area (Å²) in [5, 5.41) is 0. The second kappa shape index (κ2) is 6.10. The highest BCUT2D eigenvalue weighted by Crippen LogP contribution is 2.42. The third-order valence-electron chi connectivity index (χ3n) is 3.98. The van der Waals surface area contributed by atoms with Gasteiger partial charge in [0.05, 0.1) is 13.2 Å². The summed E-state index contributed by atoms with van der Waals surface area (Å²) >= 11 is 0. The minimum absolute atomic E-state index is 0.0313. The number of carbonyl (C=O) groups excluding carboxylic acids is 1. The van der Waals surface area contributed by atoms with Crippen LogP contribution in [0.3, 0.4) is 0 Å². The fourth-order valence-electron chi connectivity index (χ4n) is 2.91. The molecule has 0 aliphatic carbocycles. The molecule has 0 spiro atoms. The van der Waals surface area contributed by atoms with E-state index in [0.29, 0.717) is 0 Å². The average Bonchev–Trinajstić information content (AvgIpc) is 3.01. The Balaban J connectivity index is 1.89. The van der Waals surface area contributed by atoms with Crippen molar-refractivity contribution in [3.05, 3.63) is 71.8 Å². The molecule has 0 saturated carbocycles. The molecule has 3 atom stereocenters. The first-order valence-electron chi connectivity index (χ1n) is 7.13. The zero-order valence-electron chi connectivity index (χ0n) is 11.9. The lowest BCUT2D eigenvalue weighted by Crippen LogP contribution is -2.26. The number of methoxy groups -OCH3 is 1. The third kappa shape index (κ3) is 2.83. The summed E-state index contributed by atoms with van der Waals surface area (Å²) in [6.07, 6.45) is 0.177. The molecular weight excluding hydrogens is 264 g/mol. The zero-order chi connectivity index (χ0) is 14.7. The second-order valence-electron chi connectivity index (χ2n) is 5.23. The number of hydrogen-bond donors (Lipinski definition) is 0. The molecule has 0 bridgehead atoms. The van der Waals surface area contributed by atoms with Crippen LogP contribution in [-0.2, 0) is 14.3 Å². The van der Waals surface area contributed by atoms with Gasteiger partial charge in [0.1, 0.15) is 0 Å². The molecule has 3 rings (SSSR count). The maximum absolute atomic E-state index is 12.0. The Kier molecular flexibility index (Phi) is 4.02. The summed E-state index contributed by atoms with van der Waals surface area (Å²) in [7, 11) is 1.41. The van der Waals surface area contributed by atoms with Gasteiger partial charge in [0.2, 0.25) is 0 Å². The maximum Gasteiger partial charge on any atom is 0.335 e. The second-order valence-corrected chi connectivity index (χ2v) is 5.23. The lowest BCUT2D eigenvalue weighted by molar-refractivity contribution is -0.154. The molecule has 108 valence electrons. The Morgan fingerprint density at radius 1 is 1.00 bits per heavy atom. The van der Waals surface area contributed by atoms with Gasteiger partial charge in [-0.05, 0) is 17.5 Å². The van der Waals surface area contributed by atoms with Crippen molar-refractivity contribution in [1.82, 2.24) is 0 Å². The molecule has 21 heavy (non-hydrogen) atoms. The standard InChI is InChI=1S/C18H18O3/c1-20-18(19)17-15(13-8-4-2-5-9-13)12-16(21-17)14-10-6-3-7-11-14/h2-11,15-17H,12H2,1H3/t15-,16-,17+/m0/s1. The number of ether oxygens (including phenoxy) is 2. The van der Waals surface area contributed by atoms with E-state index < -0.39 is 6.10 Å². The predicted octanol–water partition coefficient (Wildman–Crippen LogP) is 3.47. The van der Waals surface area contributed by atoms with E-state index in [1.165, 1.54) is 7.11 Å². The number of esters is 1. The van der Waals surface area contributed by atoms with Crippen LogP contribution in [0, 0.1) is 0 Å². The zero-order valence-corrected chi connectivity index (χ0v) is 11.9. The van der Waals surface area contributed by atoms with E-state index in [2.05, 4.69) is 0 Å². The highest BCUT2D eigenvalue weighted by Gasteiger charge is 2.41. The van der Waals surface area contributed by atoms with Crippen LogP contribution < -0.4 is 0 Å². The van der Waals surface area contributed by atoms with Crippen LogP contribution in [-0.4, -0.2) is 19.2 Å². The Hall–Kier alpha value is -2.13. The Morgan fingerprint density at radius 3 is 2.14 bits per heavy atom. The number of rotatable bonds is 3. The topological polar surface area (TPSA) is 35.5 Å². The van der Waals surface area contributed by atoms with Crippen LogP contribution in [0.25, 0.3) is 0 Å². The van der Waals surface area contributed by atoms with Crippen LogP contribution in [0.1, 0.15) is 29.6 Å². The lowest BCUT2D eigenvalue weighted by Gasteiger charge is -2.16. The molecule has 0 amide bonds. The molecule has 0 unspecified atom stereocenters. The van der Waals surface area contributed by atoms with Crippen LogP contribution in [0.4, 0.5) is 0 Å². The SMILES string of the molecule is COC(=O)[C@@H]1O[C@H](c2ccccc2)C[C@H]1c1ccccc1. The Labute approximate surface area is 124 Å². The van der Waals surface area contributed by atoms with E-state index in [1.807, 2.05) is 60.7 Å². The van der Waals surface area contributed by atoms with Gasteiger partial charge in [-0.15, -0.1) is 0 Å². The summed E-state index contributed by atoms with van der Waals surface area (Å²) in [5.41, 5.74) is 2.22. The molecule has 0 N–H and O–H groups in total. The predicted molar refractivity (Wildman–Crippen MR) is 79.9 cm³/mol. The first kappa shape index (κ1) is 13.8. The van der Waals surface area contributed by atoms with Crippen molar-refractivity contribution in [2.75, 3.05) is 7.11 Å². The first-order chi connectivity index (χ1) is 10.3. The van der Waals surface area contributed by atoms with Crippen molar-refractivity contribution in [2.24, 2.45) is 0 Å². The molecular formula is C18H18O3. The Morgan fingerprint density at radius 2 is 1.57 bits per heavy atom. The number of hydrogen-bond acceptors (Lipinski definition) is 3. The largest absolute Gasteiger partial charge is 0.467 e. The quantitative estimate of drug-likeness (QED) is 0.809. The van der Waals surface area contributed by atoms with Gasteiger partial charge in [-0.1, -0.05) is 60.7 Å². The summed E-state index contributed by atoms with van der Waals surface area (Å²) in [6, 6.07) is 20.0. The summed E-state index contributed by atoms with van der Waals surface area (Å²) in [6.45, 7) is 0. The van der Waals surface area contributed by atoms with E-state index in [1.54, 1.807) is 0 Å². The summed E-state index contributed by atoms with van der Waals surface area (Å²) < 4.78 is 10.9. The summed E-state index contributed by atoms with van der Waals surface area (Å²) in [4.78, 5) is 12.0. The fraction of sp³-hybridized carbons (Fsp3) is 0.278. The monoisotopic (exact) mass is 282 g/mol.